The Morgan fingerprint density at radius 1 is 1.20 bits per heavy atom. The third-order valence-corrected chi connectivity index (χ3v) is 5.38. The lowest BCUT2D eigenvalue weighted by Gasteiger charge is -2.32. The van der Waals surface area contributed by atoms with Crippen molar-refractivity contribution in [2.45, 2.75) is 31.7 Å². The summed E-state index contributed by atoms with van der Waals surface area (Å²) < 4.78 is 38.1. The molecular formula is C23H22F2N2O3. The molecule has 0 aliphatic carbocycles. The normalized spacial score (nSPS) is 18.6. The molecule has 2 aromatic carbocycles. The van der Waals surface area contributed by atoms with Crippen molar-refractivity contribution in [1.82, 2.24) is 9.88 Å². The van der Waals surface area contributed by atoms with Crippen LogP contribution in [0.1, 0.15) is 37.0 Å². The van der Waals surface area contributed by atoms with E-state index in [1.165, 1.54) is 30.3 Å². The summed E-state index contributed by atoms with van der Waals surface area (Å²) in [5, 5.41) is 0. The summed E-state index contributed by atoms with van der Waals surface area (Å²) in [5.41, 5.74) is 0.0912. The summed E-state index contributed by atoms with van der Waals surface area (Å²) in [7, 11) is 0. The Morgan fingerprint density at radius 2 is 1.97 bits per heavy atom. The number of benzene rings is 2. The molecule has 5 nitrogen and oxygen atoms in total. The Bertz CT molecular complexity index is 1050. The number of carbonyl (C=O) groups excluding carboxylic acids is 1. The Hall–Kier alpha value is -3.22. The van der Waals surface area contributed by atoms with E-state index in [0.717, 1.165) is 12.0 Å². The molecule has 30 heavy (non-hydrogen) atoms. The third kappa shape index (κ3) is 4.20. The van der Waals surface area contributed by atoms with Gasteiger partial charge in [0.1, 0.15) is 28.7 Å². The molecule has 0 radical (unpaired) electrons. The van der Waals surface area contributed by atoms with Gasteiger partial charge in [-0.2, -0.15) is 0 Å². The van der Waals surface area contributed by atoms with Crippen molar-refractivity contribution in [3.05, 3.63) is 83.6 Å². The van der Waals surface area contributed by atoms with Crippen molar-refractivity contribution in [2.75, 3.05) is 13.2 Å². The molecule has 1 aliphatic rings. The molecule has 156 valence electrons. The SMILES string of the molecule is C[C@]1(c2ncc(Cc3cccc(F)c3)o2)CCCN1C(=O)COc1cccc(F)c1. The molecule has 1 aromatic heterocycles. The smallest absolute Gasteiger partial charge is 0.261 e. The topological polar surface area (TPSA) is 55.6 Å². The van der Waals surface area contributed by atoms with Gasteiger partial charge in [-0.25, -0.2) is 13.8 Å². The van der Waals surface area contributed by atoms with E-state index in [0.29, 0.717) is 36.8 Å². The molecule has 1 aliphatic heterocycles. The maximum absolute atomic E-state index is 13.4. The molecule has 2 heterocycles. The van der Waals surface area contributed by atoms with Gasteiger partial charge in [0.25, 0.3) is 5.91 Å². The fourth-order valence-corrected chi connectivity index (χ4v) is 3.85. The van der Waals surface area contributed by atoms with Crippen molar-refractivity contribution in [1.29, 1.82) is 0 Å². The molecule has 3 aromatic rings. The van der Waals surface area contributed by atoms with Gasteiger partial charge in [0.2, 0.25) is 5.89 Å². The molecule has 1 atom stereocenters. The van der Waals surface area contributed by atoms with Gasteiger partial charge < -0.3 is 14.1 Å². The number of hydrogen-bond donors (Lipinski definition) is 0. The van der Waals surface area contributed by atoms with E-state index in [4.69, 9.17) is 9.15 Å². The van der Waals surface area contributed by atoms with E-state index in [9.17, 15) is 13.6 Å². The van der Waals surface area contributed by atoms with E-state index in [1.807, 2.05) is 13.0 Å². The third-order valence-electron chi connectivity index (χ3n) is 5.38. The van der Waals surface area contributed by atoms with Gasteiger partial charge in [-0.1, -0.05) is 18.2 Å². The minimum atomic E-state index is -0.692. The van der Waals surface area contributed by atoms with Gasteiger partial charge in [0.05, 0.1) is 6.20 Å². The predicted molar refractivity (Wildman–Crippen MR) is 106 cm³/mol. The van der Waals surface area contributed by atoms with Crippen LogP contribution in [0.4, 0.5) is 8.78 Å². The molecule has 0 bridgehead atoms. The summed E-state index contributed by atoms with van der Waals surface area (Å²) in [6.07, 6.45) is 3.55. The summed E-state index contributed by atoms with van der Waals surface area (Å²) >= 11 is 0. The first-order valence-electron chi connectivity index (χ1n) is 9.82. The van der Waals surface area contributed by atoms with Crippen LogP contribution >= 0.6 is 0 Å². The Balaban J connectivity index is 1.46. The standard InChI is InChI=1S/C23H22F2N2O3/c1-23(22-26-14-20(30-22)12-16-5-2-6-17(24)11-16)9-4-10-27(23)21(28)15-29-19-8-3-7-18(25)13-19/h2-3,5-8,11,13-14H,4,9-10,12,15H2,1H3/t23-/m1/s1. The highest BCUT2D eigenvalue weighted by Crippen LogP contribution is 2.38. The number of ether oxygens (including phenoxy) is 1. The van der Waals surface area contributed by atoms with E-state index >= 15 is 0 Å². The van der Waals surface area contributed by atoms with Crippen molar-refractivity contribution in [2.24, 2.45) is 0 Å². The maximum atomic E-state index is 13.4. The number of aromatic nitrogens is 1. The molecular weight excluding hydrogens is 390 g/mol. The fourth-order valence-electron chi connectivity index (χ4n) is 3.85. The predicted octanol–water partition coefficient (Wildman–Crippen LogP) is 4.46. The molecule has 0 spiro atoms. The van der Waals surface area contributed by atoms with Crippen LogP contribution in [0.2, 0.25) is 0 Å². The van der Waals surface area contributed by atoms with Gasteiger partial charge in [-0.3, -0.25) is 4.79 Å². The van der Waals surface area contributed by atoms with Gasteiger partial charge in [-0.05, 0) is 49.6 Å². The van der Waals surface area contributed by atoms with Gasteiger partial charge >= 0.3 is 0 Å². The maximum Gasteiger partial charge on any atom is 0.261 e. The number of rotatable bonds is 6. The number of likely N-dealkylation sites (tertiary alicyclic amines) is 1. The van der Waals surface area contributed by atoms with Gasteiger partial charge in [0.15, 0.2) is 6.61 Å². The minimum Gasteiger partial charge on any atom is -0.484 e. The number of carbonyl (C=O) groups is 1. The van der Waals surface area contributed by atoms with E-state index < -0.39 is 11.4 Å². The van der Waals surface area contributed by atoms with Crippen LogP contribution in [0.5, 0.6) is 5.75 Å². The van der Waals surface area contributed by atoms with E-state index in [1.54, 1.807) is 23.2 Å². The highest BCUT2D eigenvalue weighted by atomic mass is 19.1. The molecule has 0 unspecified atom stereocenters. The number of amides is 1. The molecule has 1 amide bonds. The zero-order valence-electron chi connectivity index (χ0n) is 16.6. The Morgan fingerprint density at radius 3 is 2.73 bits per heavy atom. The van der Waals surface area contributed by atoms with Crippen LogP contribution < -0.4 is 4.74 Å². The largest absolute Gasteiger partial charge is 0.484 e. The van der Waals surface area contributed by atoms with Crippen molar-refractivity contribution in [3.8, 4) is 5.75 Å². The first kappa shape index (κ1) is 20.1. The van der Waals surface area contributed by atoms with Crippen LogP contribution in [0.25, 0.3) is 0 Å². The number of halogens is 2. The summed E-state index contributed by atoms with van der Waals surface area (Å²) in [6, 6.07) is 12.0. The van der Waals surface area contributed by atoms with Crippen molar-refractivity contribution in [3.63, 3.8) is 0 Å². The molecule has 0 N–H and O–H groups in total. The lowest BCUT2D eigenvalue weighted by Crippen LogP contribution is -2.45. The highest BCUT2D eigenvalue weighted by molar-refractivity contribution is 5.79. The summed E-state index contributed by atoms with van der Waals surface area (Å²) in [5.74, 6) is 0.418. The lowest BCUT2D eigenvalue weighted by atomic mass is 9.99. The van der Waals surface area contributed by atoms with Crippen molar-refractivity contribution < 1.29 is 22.7 Å². The molecule has 1 fully saturated rings. The Labute approximate surface area is 173 Å². The average Bonchev–Trinajstić information content (AvgIpc) is 3.34. The zero-order valence-corrected chi connectivity index (χ0v) is 16.6. The Kier molecular flexibility index (Phi) is 5.53. The van der Waals surface area contributed by atoms with E-state index in [-0.39, 0.29) is 18.3 Å². The molecule has 4 rings (SSSR count). The molecule has 1 saturated heterocycles. The minimum absolute atomic E-state index is 0.199. The lowest BCUT2D eigenvalue weighted by molar-refractivity contribution is -0.138. The second kappa shape index (κ2) is 8.26. The first-order valence-corrected chi connectivity index (χ1v) is 9.82. The van der Waals surface area contributed by atoms with Crippen LogP contribution in [0.3, 0.4) is 0 Å². The number of hydrogen-bond acceptors (Lipinski definition) is 4. The van der Waals surface area contributed by atoms with Crippen LogP contribution in [-0.4, -0.2) is 28.9 Å². The quantitative estimate of drug-likeness (QED) is 0.600. The van der Waals surface area contributed by atoms with Crippen LogP contribution in [0, 0.1) is 11.6 Å². The average molecular weight is 412 g/mol. The second-order valence-corrected chi connectivity index (χ2v) is 7.61. The van der Waals surface area contributed by atoms with Crippen LogP contribution in [-0.2, 0) is 16.8 Å². The summed E-state index contributed by atoms with van der Waals surface area (Å²) in [6.45, 7) is 2.28. The highest BCUT2D eigenvalue weighted by Gasteiger charge is 2.44. The summed E-state index contributed by atoms with van der Waals surface area (Å²) in [4.78, 5) is 18.9. The van der Waals surface area contributed by atoms with Gasteiger partial charge in [-0.15, -0.1) is 0 Å². The first-order chi connectivity index (χ1) is 14.4. The second-order valence-electron chi connectivity index (χ2n) is 7.61. The number of nitrogens with zero attached hydrogens (tertiary/aromatic N) is 2. The monoisotopic (exact) mass is 412 g/mol. The molecule has 0 saturated carbocycles. The van der Waals surface area contributed by atoms with Crippen molar-refractivity contribution >= 4 is 5.91 Å². The van der Waals surface area contributed by atoms with Gasteiger partial charge in [0, 0.05) is 19.0 Å². The van der Waals surface area contributed by atoms with E-state index in [2.05, 4.69) is 4.98 Å². The number of oxazole rings is 1. The fraction of sp³-hybridized carbons (Fsp3) is 0.304. The molecule has 7 heteroatoms. The van der Waals surface area contributed by atoms with Crippen LogP contribution in [0.15, 0.2) is 59.1 Å². The zero-order chi connectivity index (χ0) is 21.1.